The summed E-state index contributed by atoms with van der Waals surface area (Å²) in [7, 11) is -2.46. The molecule has 1 saturated carbocycles. The minimum Gasteiger partial charge on any atom is -0.495 e. The molecule has 10 heteroatoms. The molecule has 0 atom stereocenters. The van der Waals surface area contributed by atoms with E-state index in [1.54, 1.807) is 18.2 Å². The molecule has 34 heavy (non-hydrogen) atoms. The molecule has 2 heterocycles. The number of hydrogen-bond donors (Lipinski definition) is 2. The lowest BCUT2D eigenvalue weighted by molar-refractivity contribution is 0.417. The Morgan fingerprint density at radius 3 is 2.56 bits per heavy atom. The maximum atomic E-state index is 13.2. The number of rotatable bonds is 6. The third-order valence-corrected chi connectivity index (χ3v) is 7.62. The van der Waals surface area contributed by atoms with Crippen molar-refractivity contribution in [3.63, 3.8) is 0 Å². The van der Waals surface area contributed by atoms with Crippen LogP contribution in [0.1, 0.15) is 31.7 Å². The van der Waals surface area contributed by atoms with Gasteiger partial charge < -0.3 is 15.0 Å². The summed E-state index contributed by atoms with van der Waals surface area (Å²) in [5.74, 6) is 0.207. The Morgan fingerprint density at radius 1 is 1.12 bits per heavy atom. The van der Waals surface area contributed by atoms with Crippen molar-refractivity contribution in [2.75, 3.05) is 17.6 Å². The molecule has 0 bridgehead atoms. The summed E-state index contributed by atoms with van der Waals surface area (Å²) < 4.78 is 49.0. The van der Waals surface area contributed by atoms with Crippen molar-refractivity contribution in [2.24, 2.45) is 0 Å². The number of nitrogens with zero attached hydrogens (tertiary/aromatic N) is 3. The number of nitrogens with two attached hydrogens (primary N) is 1. The molecule has 0 radical (unpaired) electrons. The Bertz CT molecular complexity index is 1460. The number of aromatic nitrogens is 3. The fourth-order valence-electron chi connectivity index (χ4n) is 4.55. The monoisotopic (exact) mass is 481 g/mol. The summed E-state index contributed by atoms with van der Waals surface area (Å²) >= 11 is 0. The highest BCUT2D eigenvalue weighted by atomic mass is 32.2. The van der Waals surface area contributed by atoms with Crippen LogP contribution in [0.3, 0.4) is 0 Å². The molecule has 2 aromatic carbocycles. The van der Waals surface area contributed by atoms with E-state index in [-0.39, 0.29) is 10.6 Å². The first-order valence-corrected chi connectivity index (χ1v) is 12.4. The zero-order chi connectivity index (χ0) is 23.9. The first-order valence-electron chi connectivity index (χ1n) is 10.9. The van der Waals surface area contributed by atoms with E-state index in [2.05, 4.69) is 19.3 Å². The summed E-state index contributed by atoms with van der Waals surface area (Å²) in [5.41, 5.74) is 8.95. The lowest BCUT2D eigenvalue weighted by Gasteiger charge is -2.13. The maximum Gasteiger partial charge on any atom is 0.262 e. The van der Waals surface area contributed by atoms with E-state index in [9.17, 15) is 12.8 Å². The van der Waals surface area contributed by atoms with Crippen molar-refractivity contribution in [3.05, 3.63) is 60.8 Å². The number of nitrogens with one attached hydrogen (secondary N) is 1. The first-order chi connectivity index (χ1) is 16.4. The number of methoxy groups -OCH3 is 1. The van der Waals surface area contributed by atoms with Crippen molar-refractivity contribution in [2.45, 2.75) is 36.6 Å². The number of benzene rings is 2. The van der Waals surface area contributed by atoms with Crippen LogP contribution in [0.4, 0.5) is 15.9 Å². The molecule has 1 aliphatic carbocycles. The van der Waals surface area contributed by atoms with Gasteiger partial charge in [0.15, 0.2) is 0 Å². The van der Waals surface area contributed by atoms with Crippen molar-refractivity contribution in [1.29, 1.82) is 0 Å². The van der Waals surface area contributed by atoms with E-state index in [0.717, 1.165) is 47.1 Å². The first kappa shape index (κ1) is 22.1. The number of nitrogen functional groups attached to an aromatic ring is 1. The molecule has 1 fully saturated rings. The average molecular weight is 482 g/mol. The van der Waals surface area contributed by atoms with Crippen LogP contribution in [-0.2, 0) is 10.0 Å². The zero-order valence-electron chi connectivity index (χ0n) is 18.5. The quantitative estimate of drug-likeness (QED) is 0.411. The molecular formula is C24H24FN5O3S. The molecule has 0 spiro atoms. The molecule has 176 valence electrons. The van der Waals surface area contributed by atoms with Crippen LogP contribution in [0, 0.1) is 5.82 Å². The number of halogens is 1. The molecule has 0 amide bonds. The SMILES string of the molecule is COc1cc(-c2cn(C3CCCC3)c3ncnc(N)c23)ccc1NS(=O)(=O)c1ccc(F)cc1. The van der Waals surface area contributed by atoms with E-state index in [4.69, 9.17) is 10.5 Å². The van der Waals surface area contributed by atoms with Crippen molar-refractivity contribution in [1.82, 2.24) is 14.5 Å². The number of ether oxygens (including phenoxy) is 1. The highest BCUT2D eigenvalue weighted by molar-refractivity contribution is 7.92. The van der Waals surface area contributed by atoms with Crippen LogP contribution < -0.4 is 15.2 Å². The van der Waals surface area contributed by atoms with Crippen LogP contribution in [0.2, 0.25) is 0 Å². The van der Waals surface area contributed by atoms with Gasteiger partial charge in [-0.1, -0.05) is 18.9 Å². The maximum absolute atomic E-state index is 13.2. The predicted molar refractivity (Wildman–Crippen MR) is 129 cm³/mol. The largest absolute Gasteiger partial charge is 0.495 e. The topological polar surface area (TPSA) is 112 Å². The minimum absolute atomic E-state index is 0.0513. The van der Waals surface area contributed by atoms with E-state index >= 15 is 0 Å². The van der Waals surface area contributed by atoms with Crippen LogP contribution >= 0.6 is 0 Å². The molecule has 0 unspecified atom stereocenters. The Morgan fingerprint density at radius 2 is 1.85 bits per heavy atom. The second kappa shape index (κ2) is 8.60. The minimum atomic E-state index is -3.93. The third kappa shape index (κ3) is 3.94. The second-order valence-corrected chi connectivity index (χ2v) is 10.0. The van der Waals surface area contributed by atoms with E-state index in [1.165, 1.54) is 38.4 Å². The van der Waals surface area contributed by atoms with Gasteiger partial charge in [0, 0.05) is 17.8 Å². The molecule has 2 aromatic heterocycles. The number of anilines is 2. The Balaban J connectivity index is 1.56. The second-order valence-electron chi connectivity index (χ2n) is 8.32. The van der Waals surface area contributed by atoms with Crippen molar-refractivity contribution in [3.8, 4) is 16.9 Å². The third-order valence-electron chi connectivity index (χ3n) is 6.24. The predicted octanol–water partition coefficient (Wildman–Crippen LogP) is 4.74. The van der Waals surface area contributed by atoms with Gasteiger partial charge in [0.1, 0.15) is 29.4 Å². The van der Waals surface area contributed by atoms with Crippen LogP contribution in [0.25, 0.3) is 22.2 Å². The van der Waals surface area contributed by atoms with E-state index in [0.29, 0.717) is 17.6 Å². The van der Waals surface area contributed by atoms with Gasteiger partial charge in [0.2, 0.25) is 0 Å². The summed E-state index contributed by atoms with van der Waals surface area (Å²) in [4.78, 5) is 8.64. The van der Waals surface area contributed by atoms with E-state index < -0.39 is 15.8 Å². The van der Waals surface area contributed by atoms with Gasteiger partial charge in [-0.15, -0.1) is 0 Å². The highest BCUT2D eigenvalue weighted by Crippen LogP contribution is 2.40. The zero-order valence-corrected chi connectivity index (χ0v) is 19.3. The number of fused-ring (bicyclic) bond motifs is 1. The van der Waals surface area contributed by atoms with Gasteiger partial charge in [-0.25, -0.2) is 22.8 Å². The van der Waals surface area contributed by atoms with Crippen LogP contribution in [0.15, 0.2) is 59.9 Å². The smallest absolute Gasteiger partial charge is 0.262 e. The van der Waals surface area contributed by atoms with Gasteiger partial charge in [-0.2, -0.15) is 0 Å². The fraction of sp³-hybridized carbons (Fsp3) is 0.250. The number of sulfonamides is 1. The molecule has 0 saturated heterocycles. The van der Waals surface area contributed by atoms with Gasteiger partial charge >= 0.3 is 0 Å². The summed E-state index contributed by atoms with van der Waals surface area (Å²) in [6.45, 7) is 0. The fourth-order valence-corrected chi connectivity index (χ4v) is 5.62. The Hall–Kier alpha value is -3.66. The summed E-state index contributed by atoms with van der Waals surface area (Å²) in [6, 6.07) is 10.2. The number of hydrogen-bond acceptors (Lipinski definition) is 6. The van der Waals surface area contributed by atoms with Crippen molar-refractivity contribution >= 4 is 32.6 Å². The molecule has 5 rings (SSSR count). The van der Waals surface area contributed by atoms with Crippen molar-refractivity contribution < 1.29 is 17.5 Å². The summed E-state index contributed by atoms with van der Waals surface area (Å²) in [5, 5.41) is 0.760. The molecule has 1 aliphatic rings. The standard InChI is InChI=1S/C24H24FN5O3S/c1-33-21-12-15(6-11-20(21)29-34(31,32)18-9-7-16(25)8-10-18)19-13-30(17-4-2-3-5-17)24-22(19)23(26)27-14-28-24/h6-14,17,29H,2-5H2,1H3,(H2,26,27,28). The van der Waals surface area contributed by atoms with Gasteiger partial charge in [-0.05, 0) is 54.8 Å². The molecule has 8 nitrogen and oxygen atoms in total. The van der Waals surface area contributed by atoms with Crippen LogP contribution in [0.5, 0.6) is 5.75 Å². The molecule has 4 aromatic rings. The van der Waals surface area contributed by atoms with Gasteiger partial charge in [-0.3, -0.25) is 4.72 Å². The Kier molecular flexibility index (Phi) is 5.60. The average Bonchev–Trinajstić information content (AvgIpc) is 3.48. The molecular weight excluding hydrogens is 457 g/mol. The lowest BCUT2D eigenvalue weighted by Crippen LogP contribution is -2.13. The highest BCUT2D eigenvalue weighted by Gasteiger charge is 2.24. The van der Waals surface area contributed by atoms with Gasteiger partial charge in [0.05, 0.1) is 23.1 Å². The van der Waals surface area contributed by atoms with Gasteiger partial charge in [0.25, 0.3) is 10.0 Å². The molecule has 0 aliphatic heterocycles. The van der Waals surface area contributed by atoms with E-state index in [1.807, 2.05) is 6.20 Å². The van der Waals surface area contributed by atoms with Crippen LogP contribution in [-0.4, -0.2) is 30.1 Å². The Labute approximate surface area is 196 Å². The lowest BCUT2D eigenvalue weighted by atomic mass is 10.1. The summed E-state index contributed by atoms with van der Waals surface area (Å²) in [6.07, 6.45) is 8.04. The normalized spacial score (nSPS) is 14.5. The molecule has 3 N–H and O–H groups in total.